The lowest BCUT2D eigenvalue weighted by molar-refractivity contribution is -0.200. The topological polar surface area (TPSA) is 77.8 Å². The van der Waals surface area contributed by atoms with Crippen LogP contribution in [0.25, 0.3) is 0 Å². The van der Waals surface area contributed by atoms with Gasteiger partial charge < -0.3 is 15.3 Å². The molecule has 0 bridgehead atoms. The molecule has 4 nitrogen and oxygen atoms in total. The molecule has 0 aliphatic heterocycles. The van der Waals surface area contributed by atoms with E-state index in [1.165, 1.54) is 6.42 Å². The van der Waals surface area contributed by atoms with Crippen molar-refractivity contribution in [2.45, 2.75) is 131 Å². The largest absolute Gasteiger partial charge is 0.393 e. The Morgan fingerprint density at radius 1 is 0.971 bits per heavy atom. The van der Waals surface area contributed by atoms with Crippen molar-refractivity contribution in [3.05, 3.63) is 0 Å². The van der Waals surface area contributed by atoms with Gasteiger partial charge in [0, 0.05) is 12.3 Å². The molecular weight excluding hydrogens is 424 g/mol. The van der Waals surface area contributed by atoms with Crippen LogP contribution in [0.4, 0.5) is 0 Å². The van der Waals surface area contributed by atoms with Crippen LogP contribution >= 0.6 is 0 Å². The zero-order chi connectivity index (χ0) is 25.5. The van der Waals surface area contributed by atoms with Gasteiger partial charge >= 0.3 is 0 Å². The molecule has 10 atom stereocenters. The predicted molar refractivity (Wildman–Crippen MR) is 136 cm³/mol. The van der Waals surface area contributed by atoms with Gasteiger partial charge in [-0.2, -0.15) is 0 Å². The van der Waals surface area contributed by atoms with Gasteiger partial charge in [-0.15, -0.1) is 0 Å². The molecule has 4 aliphatic rings. The van der Waals surface area contributed by atoms with Crippen LogP contribution in [0.2, 0.25) is 0 Å². The molecule has 0 aromatic heterocycles. The third-order valence-electron chi connectivity index (χ3n) is 12.7. The van der Waals surface area contributed by atoms with Crippen LogP contribution in [0.1, 0.15) is 113 Å². The fourth-order valence-corrected chi connectivity index (χ4v) is 10.1. The minimum atomic E-state index is -1.06. The highest BCUT2D eigenvalue weighted by Gasteiger charge is 2.69. The monoisotopic (exact) mass is 476 g/mol. The first-order valence-electron chi connectivity index (χ1n) is 14.1. The Balaban J connectivity index is 1.59. The van der Waals surface area contributed by atoms with Gasteiger partial charge in [0.25, 0.3) is 0 Å². The first kappa shape index (κ1) is 26.6. The van der Waals surface area contributed by atoms with Gasteiger partial charge in [0.1, 0.15) is 5.78 Å². The van der Waals surface area contributed by atoms with Crippen molar-refractivity contribution in [1.29, 1.82) is 0 Å². The highest BCUT2D eigenvalue weighted by Crippen LogP contribution is 2.74. The van der Waals surface area contributed by atoms with Crippen molar-refractivity contribution in [3.8, 4) is 0 Å². The fraction of sp³-hybridized carbons (Fsp3) is 0.967. The molecule has 0 spiro atoms. The SMILES string of the molecule is C[C@H](CC[C@H](O)C(C)(C)O)[C@H]1CC[C@@]2(C)[C@@H]3C(=O)C[C@H]4C(C)(C)C(O)CC[C@]4(C)[C@H]3CC[C@]12C. The van der Waals surface area contributed by atoms with Crippen molar-refractivity contribution in [2.75, 3.05) is 0 Å². The summed E-state index contributed by atoms with van der Waals surface area (Å²) in [5.74, 6) is 2.31. The van der Waals surface area contributed by atoms with Crippen molar-refractivity contribution >= 4 is 5.78 Å². The average molecular weight is 477 g/mol. The second kappa shape index (κ2) is 8.28. The van der Waals surface area contributed by atoms with Gasteiger partial charge in [0.05, 0.1) is 17.8 Å². The Morgan fingerprint density at radius 3 is 2.21 bits per heavy atom. The zero-order valence-electron chi connectivity index (χ0n) is 23.2. The van der Waals surface area contributed by atoms with Crippen molar-refractivity contribution in [1.82, 2.24) is 0 Å². The maximum atomic E-state index is 14.0. The van der Waals surface area contributed by atoms with Crippen LogP contribution in [-0.4, -0.2) is 38.9 Å². The molecule has 1 unspecified atom stereocenters. The molecule has 0 aromatic carbocycles. The maximum absolute atomic E-state index is 14.0. The molecule has 4 fully saturated rings. The van der Waals surface area contributed by atoms with E-state index in [4.69, 9.17) is 0 Å². The molecule has 34 heavy (non-hydrogen) atoms. The van der Waals surface area contributed by atoms with Crippen LogP contribution in [0.3, 0.4) is 0 Å². The number of Topliss-reactive ketones (excluding diaryl/α,β-unsaturated/α-hetero) is 1. The van der Waals surface area contributed by atoms with Gasteiger partial charge in [-0.3, -0.25) is 4.79 Å². The summed E-state index contributed by atoms with van der Waals surface area (Å²) in [4.78, 5) is 14.0. The molecule has 0 aromatic rings. The van der Waals surface area contributed by atoms with Crippen LogP contribution in [0, 0.1) is 51.2 Å². The highest BCUT2D eigenvalue weighted by molar-refractivity contribution is 5.84. The van der Waals surface area contributed by atoms with Gasteiger partial charge in [-0.05, 0) is 111 Å². The number of carbonyl (C=O) groups is 1. The van der Waals surface area contributed by atoms with E-state index in [-0.39, 0.29) is 39.6 Å². The third kappa shape index (κ3) is 3.67. The lowest BCUT2D eigenvalue weighted by Crippen LogP contribution is -2.64. The number of rotatable bonds is 5. The quantitative estimate of drug-likeness (QED) is 0.471. The molecule has 4 saturated carbocycles. The third-order valence-corrected chi connectivity index (χ3v) is 12.7. The van der Waals surface area contributed by atoms with Gasteiger partial charge in [0.15, 0.2) is 0 Å². The van der Waals surface area contributed by atoms with Crippen molar-refractivity contribution in [2.24, 2.45) is 51.2 Å². The summed E-state index contributed by atoms with van der Waals surface area (Å²) in [7, 11) is 0. The van der Waals surface area contributed by atoms with Crippen LogP contribution < -0.4 is 0 Å². The van der Waals surface area contributed by atoms with E-state index in [1.807, 2.05) is 0 Å². The number of fused-ring (bicyclic) bond motifs is 5. The summed E-state index contributed by atoms with van der Waals surface area (Å²) in [5, 5.41) is 31.4. The summed E-state index contributed by atoms with van der Waals surface area (Å²) < 4.78 is 0. The summed E-state index contributed by atoms with van der Waals surface area (Å²) >= 11 is 0. The van der Waals surface area contributed by atoms with Crippen LogP contribution in [-0.2, 0) is 4.79 Å². The van der Waals surface area contributed by atoms with Crippen molar-refractivity contribution < 1.29 is 20.1 Å². The molecule has 4 rings (SSSR count). The Labute approximate surface area is 208 Å². The van der Waals surface area contributed by atoms with Crippen LogP contribution in [0.5, 0.6) is 0 Å². The van der Waals surface area contributed by atoms with E-state index in [1.54, 1.807) is 13.8 Å². The number of hydrogen-bond donors (Lipinski definition) is 3. The zero-order valence-corrected chi connectivity index (χ0v) is 23.2. The van der Waals surface area contributed by atoms with Gasteiger partial charge in [-0.1, -0.05) is 41.5 Å². The van der Waals surface area contributed by atoms with Crippen LogP contribution in [0.15, 0.2) is 0 Å². The molecule has 4 heteroatoms. The number of aliphatic hydroxyl groups excluding tert-OH is 2. The molecule has 0 heterocycles. The molecule has 0 amide bonds. The highest BCUT2D eigenvalue weighted by atomic mass is 16.3. The fourth-order valence-electron chi connectivity index (χ4n) is 10.1. The summed E-state index contributed by atoms with van der Waals surface area (Å²) in [6.45, 7) is 17.4. The standard InChI is InChI=1S/C30H52O4/c1-18(9-10-24(33)27(4,5)34)19-11-16-30(8)25-20(12-15-29(19,30)7)28(6)14-13-23(32)26(2,3)22(28)17-21(25)31/h18-20,22-25,32-34H,9-17H2,1-8H3/t18-,19-,20+,22+,23?,24+,25+,28-,29-,30+/m1/s1. The molecule has 196 valence electrons. The molecular formula is C30H52O4. The maximum Gasteiger partial charge on any atom is 0.137 e. The smallest absolute Gasteiger partial charge is 0.137 e. The Hall–Kier alpha value is -0.450. The summed E-state index contributed by atoms with van der Waals surface area (Å²) in [6.07, 6.45) is 7.62. The summed E-state index contributed by atoms with van der Waals surface area (Å²) in [6, 6.07) is 0. The number of carbonyl (C=O) groups excluding carboxylic acids is 1. The summed E-state index contributed by atoms with van der Waals surface area (Å²) in [5.41, 5.74) is -0.978. The molecule has 3 N–H and O–H groups in total. The second-order valence-corrected chi connectivity index (χ2v) is 14.9. The lowest BCUT2D eigenvalue weighted by Gasteiger charge is -2.66. The first-order valence-corrected chi connectivity index (χ1v) is 14.1. The van der Waals surface area contributed by atoms with Crippen molar-refractivity contribution in [3.63, 3.8) is 0 Å². The van der Waals surface area contributed by atoms with Gasteiger partial charge in [-0.25, -0.2) is 0 Å². The Bertz CT molecular complexity index is 798. The Morgan fingerprint density at radius 2 is 1.59 bits per heavy atom. The average Bonchev–Trinajstić information content (AvgIpc) is 3.01. The number of ketones is 1. The molecule has 0 saturated heterocycles. The Kier molecular flexibility index (Phi) is 6.48. The predicted octanol–water partition coefficient (Wildman–Crippen LogP) is 5.76. The minimum Gasteiger partial charge on any atom is -0.393 e. The van der Waals surface area contributed by atoms with E-state index in [0.29, 0.717) is 36.4 Å². The lowest BCUT2D eigenvalue weighted by atomic mass is 9.37. The normalized spacial score (nSPS) is 48.0. The minimum absolute atomic E-state index is 0.0228. The number of hydrogen-bond acceptors (Lipinski definition) is 4. The number of aliphatic hydroxyl groups is 3. The first-order chi connectivity index (χ1) is 15.5. The molecule has 0 radical (unpaired) electrons. The van der Waals surface area contributed by atoms with E-state index in [2.05, 4.69) is 41.5 Å². The molecule has 4 aliphatic carbocycles. The van der Waals surface area contributed by atoms with E-state index < -0.39 is 11.7 Å². The van der Waals surface area contributed by atoms with E-state index >= 15 is 0 Å². The van der Waals surface area contributed by atoms with Gasteiger partial charge in [0.2, 0.25) is 0 Å². The second-order valence-electron chi connectivity index (χ2n) is 14.9. The van der Waals surface area contributed by atoms with E-state index in [0.717, 1.165) is 38.5 Å². The van der Waals surface area contributed by atoms with E-state index in [9.17, 15) is 20.1 Å².